The molecule has 136 valence electrons. The van der Waals surface area contributed by atoms with Crippen LogP contribution < -0.4 is 10.6 Å². The Labute approximate surface area is 155 Å². The molecule has 0 bridgehead atoms. The van der Waals surface area contributed by atoms with Gasteiger partial charge in [-0.15, -0.1) is 35.0 Å². The number of carbonyl (C=O) groups excluding carboxylic acids is 1. The highest BCUT2D eigenvalue weighted by molar-refractivity contribution is 5.85. The van der Waals surface area contributed by atoms with E-state index in [1.54, 1.807) is 0 Å². The molecule has 1 aliphatic carbocycles. The lowest BCUT2D eigenvalue weighted by molar-refractivity contribution is -0.123. The van der Waals surface area contributed by atoms with Gasteiger partial charge in [0.25, 0.3) is 0 Å². The average molecular weight is 376 g/mol. The van der Waals surface area contributed by atoms with Gasteiger partial charge in [0.1, 0.15) is 5.82 Å². The molecular formula is C16H27Cl2N5O. The van der Waals surface area contributed by atoms with Crippen LogP contribution in [-0.2, 0) is 24.3 Å². The number of aromatic nitrogens is 3. The maximum Gasteiger partial charge on any atom is 0.224 e. The van der Waals surface area contributed by atoms with Crippen LogP contribution in [0.3, 0.4) is 0 Å². The molecule has 1 atom stereocenters. The first-order valence-electron chi connectivity index (χ1n) is 8.68. The van der Waals surface area contributed by atoms with Crippen molar-refractivity contribution in [3.63, 3.8) is 0 Å². The number of carbonyl (C=O) groups is 1. The van der Waals surface area contributed by atoms with Gasteiger partial charge in [0, 0.05) is 18.9 Å². The van der Waals surface area contributed by atoms with Crippen LogP contribution >= 0.6 is 24.8 Å². The van der Waals surface area contributed by atoms with E-state index in [0.717, 1.165) is 57.0 Å². The zero-order valence-electron chi connectivity index (χ0n) is 13.9. The van der Waals surface area contributed by atoms with Gasteiger partial charge in [-0.05, 0) is 50.6 Å². The first kappa shape index (κ1) is 19.5. The lowest BCUT2D eigenvalue weighted by atomic mass is 9.92. The Hall–Kier alpha value is -0.850. The summed E-state index contributed by atoms with van der Waals surface area (Å²) in [6.07, 6.45) is 8.01. The molecule has 2 aliphatic heterocycles. The molecule has 3 aliphatic rings. The molecule has 1 aromatic rings. The summed E-state index contributed by atoms with van der Waals surface area (Å²) < 4.78 is 2.21. The van der Waals surface area contributed by atoms with E-state index in [4.69, 9.17) is 0 Å². The molecule has 24 heavy (non-hydrogen) atoms. The number of hydrogen-bond donors (Lipinski definition) is 2. The number of rotatable bonds is 3. The highest BCUT2D eigenvalue weighted by atomic mass is 35.5. The van der Waals surface area contributed by atoms with Crippen LogP contribution in [0.4, 0.5) is 0 Å². The van der Waals surface area contributed by atoms with Crippen LogP contribution in [0.5, 0.6) is 0 Å². The molecule has 3 heterocycles. The Bertz CT molecular complexity index is 571. The lowest BCUT2D eigenvalue weighted by Crippen LogP contribution is -2.33. The van der Waals surface area contributed by atoms with Gasteiger partial charge in [0.15, 0.2) is 5.82 Å². The van der Waals surface area contributed by atoms with Crippen LogP contribution in [-0.4, -0.2) is 33.8 Å². The second kappa shape index (κ2) is 8.02. The van der Waals surface area contributed by atoms with Crippen molar-refractivity contribution in [1.82, 2.24) is 25.4 Å². The van der Waals surface area contributed by atoms with Gasteiger partial charge < -0.3 is 15.2 Å². The molecule has 1 saturated carbocycles. The Kier molecular flexibility index (Phi) is 6.51. The van der Waals surface area contributed by atoms with Crippen molar-refractivity contribution in [2.75, 3.05) is 13.1 Å². The number of nitrogens with one attached hydrogen (secondary N) is 2. The molecule has 1 aromatic heterocycles. The van der Waals surface area contributed by atoms with Crippen LogP contribution in [0.15, 0.2) is 0 Å². The molecule has 6 nitrogen and oxygen atoms in total. The minimum atomic E-state index is 0. The van der Waals surface area contributed by atoms with Gasteiger partial charge in [-0.1, -0.05) is 6.42 Å². The van der Waals surface area contributed by atoms with E-state index in [0.29, 0.717) is 12.0 Å². The summed E-state index contributed by atoms with van der Waals surface area (Å²) in [6, 6.07) is 0. The van der Waals surface area contributed by atoms with Gasteiger partial charge in [-0.25, -0.2) is 0 Å². The average Bonchev–Trinajstić information content (AvgIpc) is 3.18. The summed E-state index contributed by atoms with van der Waals surface area (Å²) in [7, 11) is 0. The standard InChI is InChI=1S/C16H25N5O.2ClH/c22-15(12-10-16(12)5-7-17-8-6-16)18-11-14-20-19-13-4-2-1-3-9-21(13)14;;/h12,17H,1-11H2,(H,18,22);2*1H. The van der Waals surface area contributed by atoms with Gasteiger partial charge >= 0.3 is 0 Å². The summed E-state index contributed by atoms with van der Waals surface area (Å²) in [5.41, 5.74) is 0.303. The van der Waals surface area contributed by atoms with E-state index >= 15 is 0 Å². The molecule has 0 aromatic carbocycles. The number of nitrogens with zero attached hydrogens (tertiary/aromatic N) is 3. The van der Waals surface area contributed by atoms with Crippen molar-refractivity contribution in [2.24, 2.45) is 11.3 Å². The van der Waals surface area contributed by atoms with Crippen LogP contribution in [0.25, 0.3) is 0 Å². The third kappa shape index (κ3) is 3.70. The SMILES string of the molecule is Cl.Cl.O=C(NCc1nnc2n1CCCCC2)C1CC12CCNCC2. The smallest absolute Gasteiger partial charge is 0.224 e. The first-order valence-corrected chi connectivity index (χ1v) is 8.68. The van der Waals surface area contributed by atoms with Gasteiger partial charge in [0.2, 0.25) is 5.91 Å². The second-order valence-corrected chi connectivity index (χ2v) is 7.08. The highest BCUT2D eigenvalue weighted by Gasteiger charge is 2.57. The fraction of sp³-hybridized carbons (Fsp3) is 0.812. The van der Waals surface area contributed by atoms with Crippen LogP contribution in [0, 0.1) is 11.3 Å². The van der Waals surface area contributed by atoms with Crippen molar-refractivity contribution in [1.29, 1.82) is 0 Å². The second-order valence-electron chi connectivity index (χ2n) is 7.08. The summed E-state index contributed by atoms with van der Waals surface area (Å²) in [5, 5.41) is 15.1. The Morgan fingerprint density at radius 1 is 1.21 bits per heavy atom. The number of hydrogen-bond acceptors (Lipinski definition) is 4. The minimum Gasteiger partial charge on any atom is -0.349 e. The largest absolute Gasteiger partial charge is 0.349 e. The van der Waals surface area contributed by atoms with Gasteiger partial charge in [-0.3, -0.25) is 4.79 Å². The Morgan fingerprint density at radius 2 is 2.00 bits per heavy atom. The quantitative estimate of drug-likeness (QED) is 0.845. The van der Waals surface area contributed by atoms with E-state index in [9.17, 15) is 4.79 Å². The number of fused-ring (bicyclic) bond motifs is 1. The first-order chi connectivity index (χ1) is 10.8. The molecule has 1 spiro atoms. The predicted octanol–water partition coefficient (Wildman–Crippen LogP) is 1.85. The number of aryl methyl sites for hydroxylation is 1. The highest BCUT2D eigenvalue weighted by Crippen LogP contribution is 2.58. The van der Waals surface area contributed by atoms with Crippen LogP contribution in [0.1, 0.15) is 50.2 Å². The molecule has 1 saturated heterocycles. The van der Waals surface area contributed by atoms with Crippen molar-refractivity contribution < 1.29 is 4.79 Å². The van der Waals surface area contributed by atoms with Gasteiger partial charge in [0.05, 0.1) is 6.54 Å². The Balaban J connectivity index is 0.00000104. The molecule has 0 radical (unpaired) electrons. The summed E-state index contributed by atoms with van der Waals surface area (Å²) in [4.78, 5) is 12.4. The van der Waals surface area contributed by atoms with E-state index in [2.05, 4.69) is 25.4 Å². The van der Waals surface area contributed by atoms with Crippen molar-refractivity contribution in [3.05, 3.63) is 11.6 Å². The lowest BCUT2D eigenvalue weighted by Gasteiger charge is -2.23. The third-order valence-corrected chi connectivity index (χ3v) is 5.71. The molecular weight excluding hydrogens is 349 g/mol. The Morgan fingerprint density at radius 3 is 2.79 bits per heavy atom. The van der Waals surface area contributed by atoms with E-state index < -0.39 is 0 Å². The molecule has 2 N–H and O–H groups in total. The van der Waals surface area contributed by atoms with E-state index in [1.807, 2.05) is 0 Å². The van der Waals surface area contributed by atoms with Crippen molar-refractivity contribution in [2.45, 2.75) is 58.0 Å². The summed E-state index contributed by atoms with van der Waals surface area (Å²) in [6.45, 7) is 3.63. The normalized spacial score (nSPS) is 24.1. The minimum absolute atomic E-state index is 0. The fourth-order valence-corrected chi connectivity index (χ4v) is 4.16. The molecule has 2 fully saturated rings. The van der Waals surface area contributed by atoms with Crippen molar-refractivity contribution in [3.8, 4) is 0 Å². The van der Waals surface area contributed by atoms with E-state index in [1.165, 1.54) is 19.3 Å². The van der Waals surface area contributed by atoms with Crippen LogP contribution in [0.2, 0.25) is 0 Å². The van der Waals surface area contributed by atoms with E-state index in [-0.39, 0.29) is 36.6 Å². The number of amides is 1. The maximum absolute atomic E-state index is 12.4. The van der Waals surface area contributed by atoms with Gasteiger partial charge in [-0.2, -0.15) is 0 Å². The summed E-state index contributed by atoms with van der Waals surface area (Å²) >= 11 is 0. The number of piperidine rings is 1. The molecule has 1 amide bonds. The third-order valence-electron chi connectivity index (χ3n) is 5.71. The maximum atomic E-state index is 12.4. The summed E-state index contributed by atoms with van der Waals surface area (Å²) in [5.74, 6) is 2.45. The number of halogens is 2. The predicted molar refractivity (Wildman–Crippen MR) is 96.6 cm³/mol. The fourth-order valence-electron chi connectivity index (χ4n) is 4.16. The molecule has 1 unspecified atom stereocenters. The zero-order chi connectivity index (χ0) is 15.0. The monoisotopic (exact) mass is 375 g/mol. The molecule has 4 rings (SSSR count). The van der Waals surface area contributed by atoms with Crippen molar-refractivity contribution >= 4 is 30.7 Å². The zero-order valence-corrected chi connectivity index (χ0v) is 15.6. The topological polar surface area (TPSA) is 71.8 Å². The molecule has 8 heteroatoms.